The van der Waals surface area contributed by atoms with E-state index in [1.165, 1.54) is 22.3 Å². The van der Waals surface area contributed by atoms with Gasteiger partial charge in [-0.25, -0.2) is 9.78 Å². The Morgan fingerprint density at radius 2 is 1.83 bits per heavy atom. The molecule has 2 heterocycles. The van der Waals surface area contributed by atoms with Gasteiger partial charge < -0.3 is 9.72 Å². The summed E-state index contributed by atoms with van der Waals surface area (Å²) in [6.45, 7) is 6.32. The topological polar surface area (TPSA) is 75.3 Å². The van der Waals surface area contributed by atoms with E-state index in [0.29, 0.717) is 12.1 Å². The SMILES string of the molecule is [B]CC(=O)c1ccc2c(c1)CCc1cc(-c3cnc([C@@H]4CCCN4C(=O)OC(C)(C)C)[nH]3)ccc1-2. The third-order valence-corrected chi connectivity index (χ3v) is 6.77. The molecule has 1 fully saturated rings. The Hall–Kier alpha value is -3.35. The van der Waals surface area contributed by atoms with Crippen molar-refractivity contribution in [3.8, 4) is 22.4 Å². The number of fused-ring (bicyclic) bond motifs is 3. The second-order valence-corrected chi connectivity index (χ2v) is 10.4. The summed E-state index contributed by atoms with van der Waals surface area (Å²) in [4.78, 5) is 34.6. The first-order valence-electron chi connectivity index (χ1n) is 12.3. The molecule has 2 radical (unpaired) electrons. The number of ether oxygens (including phenoxy) is 1. The second-order valence-electron chi connectivity index (χ2n) is 10.4. The fourth-order valence-electron chi connectivity index (χ4n) is 5.10. The van der Waals surface area contributed by atoms with Crippen LogP contribution in [0.2, 0.25) is 6.32 Å². The molecule has 35 heavy (non-hydrogen) atoms. The number of ketones is 1. The third kappa shape index (κ3) is 4.64. The number of hydrogen-bond donors (Lipinski definition) is 1. The van der Waals surface area contributed by atoms with Crippen molar-refractivity contribution in [1.29, 1.82) is 0 Å². The predicted octanol–water partition coefficient (Wildman–Crippen LogP) is 5.68. The molecule has 0 bridgehead atoms. The Labute approximate surface area is 207 Å². The van der Waals surface area contributed by atoms with Gasteiger partial charge in [0.25, 0.3) is 0 Å². The normalized spacial score (nSPS) is 17.1. The molecule has 0 unspecified atom stereocenters. The molecule has 6 nitrogen and oxygen atoms in total. The van der Waals surface area contributed by atoms with Gasteiger partial charge in [-0.1, -0.05) is 24.3 Å². The summed E-state index contributed by atoms with van der Waals surface area (Å²) in [6, 6.07) is 12.3. The molecular weight excluding hydrogens is 437 g/mol. The number of amides is 1. The van der Waals surface area contributed by atoms with Crippen LogP contribution in [0.1, 0.15) is 67.0 Å². The smallest absolute Gasteiger partial charge is 0.410 e. The van der Waals surface area contributed by atoms with E-state index >= 15 is 0 Å². The summed E-state index contributed by atoms with van der Waals surface area (Å²) >= 11 is 0. The number of likely N-dealkylation sites (tertiary alicyclic amines) is 1. The maximum Gasteiger partial charge on any atom is 0.410 e. The number of hydrogen-bond acceptors (Lipinski definition) is 4. The Kier molecular flexibility index (Phi) is 6.03. The molecule has 2 aliphatic rings. The van der Waals surface area contributed by atoms with Crippen LogP contribution in [0.3, 0.4) is 0 Å². The number of carbonyl (C=O) groups excluding carboxylic acids is 2. The van der Waals surface area contributed by atoms with Gasteiger partial charge in [0.15, 0.2) is 5.78 Å². The van der Waals surface area contributed by atoms with Gasteiger partial charge in [-0.3, -0.25) is 9.69 Å². The number of H-pyrrole nitrogens is 1. The Balaban J connectivity index is 1.38. The number of aromatic nitrogens is 2. The van der Waals surface area contributed by atoms with Crippen molar-refractivity contribution in [3.63, 3.8) is 0 Å². The first-order valence-corrected chi connectivity index (χ1v) is 12.3. The van der Waals surface area contributed by atoms with Gasteiger partial charge in [0.1, 0.15) is 11.4 Å². The third-order valence-electron chi connectivity index (χ3n) is 6.77. The largest absolute Gasteiger partial charge is 0.444 e. The standard InChI is InChI=1S/C28H30BN3O3/c1-28(2,3)35-27(34)32-12-4-5-24(32)26-30-16-23(31-26)19-8-10-21-17(13-19)6-7-18-14-20(25(33)15-29)9-11-22(18)21/h8-11,13-14,16,24H,4-7,12,15H2,1-3H3,(H,30,31)/t24-/m0/s1. The van der Waals surface area contributed by atoms with Crippen molar-refractivity contribution < 1.29 is 14.3 Å². The van der Waals surface area contributed by atoms with Crippen LogP contribution in [0, 0.1) is 0 Å². The summed E-state index contributed by atoms with van der Waals surface area (Å²) in [5.41, 5.74) is 7.02. The zero-order valence-electron chi connectivity index (χ0n) is 20.6. The van der Waals surface area contributed by atoms with Gasteiger partial charge in [0.2, 0.25) is 0 Å². The van der Waals surface area contributed by atoms with Crippen LogP contribution in [0.25, 0.3) is 22.4 Å². The lowest BCUT2D eigenvalue weighted by atomic mass is 9.83. The van der Waals surface area contributed by atoms with Gasteiger partial charge in [0.05, 0.1) is 25.8 Å². The second kappa shape index (κ2) is 9.02. The lowest BCUT2D eigenvalue weighted by molar-refractivity contribution is 0.0218. The molecule has 5 rings (SSSR count). The molecule has 2 aromatic carbocycles. The summed E-state index contributed by atoms with van der Waals surface area (Å²) < 4.78 is 5.60. The van der Waals surface area contributed by atoms with Crippen molar-refractivity contribution in [3.05, 3.63) is 65.1 Å². The molecule has 1 amide bonds. The number of Topliss-reactive ketones (excluding diaryl/α,β-unsaturated/α-hetero) is 1. The highest BCUT2D eigenvalue weighted by Crippen LogP contribution is 2.37. The van der Waals surface area contributed by atoms with Gasteiger partial charge in [-0.05, 0) is 92.7 Å². The van der Waals surface area contributed by atoms with Crippen LogP contribution >= 0.6 is 0 Å². The zero-order valence-corrected chi connectivity index (χ0v) is 20.6. The van der Waals surface area contributed by atoms with Crippen molar-refractivity contribution in [2.75, 3.05) is 6.54 Å². The molecule has 0 spiro atoms. The molecular formula is C28H30BN3O3. The molecule has 0 saturated carbocycles. The monoisotopic (exact) mass is 467 g/mol. The molecule has 1 aliphatic heterocycles. The quantitative estimate of drug-likeness (QED) is 0.396. The number of aryl methyl sites for hydroxylation is 2. The van der Waals surface area contributed by atoms with Gasteiger partial charge >= 0.3 is 6.09 Å². The Bertz CT molecular complexity index is 1290. The molecule has 3 aromatic rings. The van der Waals surface area contributed by atoms with Crippen LogP contribution in [0.5, 0.6) is 0 Å². The fourth-order valence-corrected chi connectivity index (χ4v) is 5.10. The maximum atomic E-state index is 12.7. The van der Waals surface area contributed by atoms with Crippen LogP contribution < -0.4 is 0 Å². The van der Waals surface area contributed by atoms with Gasteiger partial charge in [-0.15, -0.1) is 0 Å². The molecule has 1 N–H and O–H groups in total. The van der Waals surface area contributed by atoms with Crippen molar-refractivity contribution >= 4 is 19.7 Å². The van der Waals surface area contributed by atoms with E-state index < -0.39 is 5.60 Å². The zero-order chi connectivity index (χ0) is 24.7. The van der Waals surface area contributed by atoms with Crippen LogP contribution in [0.4, 0.5) is 4.79 Å². The molecule has 178 valence electrons. The average Bonchev–Trinajstić information content (AvgIpc) is 3.51. The highest BCUT2D eigenvalue weighted by Gasteiger charge is 2.35. The van der Waals surface area contributed by atoms with E-state index in [9.17, 15) is 9.59 Å². The van der Waals surface area contributed by atoms with Crippen LogP contribution in [-0.2, 0) is 17.6 Å². The number of rotatable bonds is 4. The van der Waals surface area contributed by atoms with Crippen molar-refractivity contribution in [2.24, 2.45) is 0 Å². The minimum absolute atomic E-state index is 0.0291. The first-order chi connectivity index (χ1) is 16.7. The lowest BCUT2D eigenvalue weighted by Gasteiger charge is -2.27. The molecule has 7 heteroatoms. The number of imidazole rings is 1. The Morgan fingerprint density at radius 3 is 2.54 bits per heavy atom. The number of carbonyl (C=O) groups is 2. The van der Waals surface area contributed by atoms with Crippen molar-refractivity contribution in [2.45, 2.75) is 64.4 Å². The van der Waals surface area contributed by atoms with E-state index in [2.05, 4.69) is 28.2 Å². The lowest BCUT2D eigenvalue weighted by Crippen LogP contribution is -2.36. The number of nitrogens with one attached hydrogen (secondary N) is 1. The average molecular weight is 467 g/mol. The van der Waals surface area contributed by atoms with E-state index in [1.54, 1.807) is 4.90 Å². The van der Waals surface area contributed by atoms with E-state index in [0.717, 1.165) is 42.8 Å². The summed E-state index contributed by atoms with van der Waals surface area (Å²) in [7, 11) is 5.53. The highest BCUT2D eigenvalue weighted by atomic mass is 16.6. The minimum Gasteiger partial charge on any atom is -0.444 e. The van der Waals surface area contributed by atoms with Crippen LogP contribution in [-0.4, -0.2) is 46.7 Å². The molecule has 1 atom stereocenters. The number of aromatic amines is 1. The van der Waals surface area contributed by atoms with Crippen LogP contribution in [0.15, 0.2) is 42.6 Å². The van der Waals surface area contributed by atoms with E-state index in [-0.39, 0.29) is 24.2 Å². The Morgan fingerprint density at radius 1 is 1.11 bits per heavy atom. The number of nitrogens with zero attached hydrogens (tertiary/aromatic N) is 2. The van der Waals surface area contributed by atoms with Gasteiger partial charge in [-0.2, -0.15) is 0 Å². The first kappa shape index (κ1) is 23.4. The molecule has 1 aromatic heterocycles. The van der Waals surface area contributed by atoms with Crippen molar-refractivity contribution in [1.82, 2.24) is 14.9 Å². The maximum absolute atomic E-state index is 12.7. The van der Waals surface area contributed by atoms with E-state index in [1.807, 2.05) is 45.2 Å². The fraction of sp³-hybridized carbons (Fsp3) is 0.393. The van der Waals surface area contributed by atoms with Gasteiger partial charge in [0, 0.05) is 12.1 Å². The summed E-state index contributed by atoms with van der Waals surface area (Å²) in [6.07, 6.45) is 5.18. The minimum atomic E-state index is -0.526. The summed E-state index contributed by atoms with van der Waals surface area (Å²) in [5, 5.41) is 0. The summed E-state index contributed by atoms with van der Waals surface area (Å²) in [5.74, 6) is 0.764. The predicted molar refractivity (Wildman–Crippen MR) is 137 cm³/mol. The number of benzene rings is 2. The molecule has 1 saturated heterocycles. The highest BCUT2D eigenvalue weighted by molar-refractivity contribution is 6.24. The van der Waals surface area contributed by atoms with E-state index in [4.69, 9.17) is 12.6 Å². The molecule has 1 aliphatic carbocycles.